The second-order valence-electron chi connectivity index (χ2n) is 16.7. The minimum Gasteiger partial charge on any atom is -0.462 e. The van der Waals surface area contributed by atoms with Crippen molar-refractivity contribution >= 4 is 17.9 Å². The van der Waals surface area contributed by atoms with E-state index in [1.807, 2.05) is 12.2 Å². The highest BCUT2D eigenvalue weighted by molar-refractivity contribution is 5.71. The van der Waals surface area contributed by atoms with Gasteiger partial charge in [-0.2, -0.15) is 0 Å². The van der Waals surface area contributed by atoms with Gasteiger partial charge in [-0.1, -0.05) is 225 Å². The SMILES string of the molecule is CC/C=C\C/C=C\C/C=C\C/C=C\C/C=C\C/C=C\CCC(=O)OC[C@H](COC(=O)CCCCCCCCCCCCCC)OC(=O)CCC/C=C\C/C=C\C/C=C\C/C=C\C/C=C\CC. The molecule has 0 amide bonds. The molecule has 0 saturated heterocycles. The van der Waals surface area contributed by atoms with Gasteiger partial charge in [-0.15, -0.1) is 0 Å². The number of carbonyl (C=O) groups excluding carboxylic acids is 3. The number of allylic oxidation sites excluding steroid dienone is 22. The zero-order valence-electron chi connectivity index (χ0n) is 42.1. The topological polar surface area (TPSA) is 78.9 Å². The van der Waals surface area contributed by atoms with E-state index in [9.17, 15) is 14.4 Å². The number of unbranched alkanes of at least 4 members (excludes halogenated alkanes) is 12. The molecule has 66 heavy (non-hydrogen) atoms. The molecule has 6 nitrogen and oxygen atoms in total. The molecular formula is C60H94O6. The van der Waals surface area contributed by atoms with Crippen LogP contribution in [0.4, 0.5) is 0 Å². The predicted octanol–water partition coefficient (Wildman–Crippen LogP) is 17.5. The van der Waals surface area contributed by atoms with Crippen LogP contribution < -0.4 is 0 Å². The van der Waals surface area contributed by atoms with E-state index < -0.39 is 12.1 Å². The van der Waals surface area contributed by atoms with Gasteiger partial charge in [0.2, 0.25) is 0 Å². The normalized spacial score (nSPS) is 13.2. The lowest BCUT2D eigenvalue weighted by Crippen LogP contribution is -2.30. The average molecular weight is 911 g/mol. The Morgan fingerprint density at radius 2 is 0.621 bits per heavy atom. The van der Waals surface area contributed by atoms with Crippen molar-refractivity contribution in [2.24, 2.45) is 0 Å². The van der Waals surface area contributed by atoms with Gasteiger partial charge in [-0.05, 0) is 96.3 Å². The first-order valence-electron chi connectivity index (χ1n) is 26.2. The van der Waals surface area contributed by atoms with Crippen molar-refractivity contribution in [3.63, 3.8) is 0 Å². The Morgan fingerprint density at radius 1 is 0.318 bits per heavy atom. The van der Waals surface area contributed by atoms with E-state index in [0.717, 1.165) is 96.3 Å². The lowest BCUT2D eigenvalue weighted by atomic mass is 10.0. The predicted molar refractivity (Wildman–Crippen MR) is 283 cm³/mol. The minimum atomic E-state index is -0.841. The number of hydrogen-bond donors (Lipinski definition) is 0. The Morgan fingerprint density at radius 3 is 1.00 bits per heavy atom. The molecule has 0 N–H and O–H groups in total. The molecule has 0 bridgehead atoms. The monoisotopic (exact) mass is 911 g/mol. The van der Waals surface area contributed by atoms with Gasteiger partial charge in [0.05, 0.1) is 0 Å². The molecule has 0 saturated carbocycles. The maximum absolute atomic E-state index is 12.8. The van der Waals surface area contributed by atoms with Crippen LogP contribution in [-0.2, 0) is 28.6 Å². The lowest BCUT2D eigenvalue weighted by Gasteiger charge is -2.18. The van der Waals surface area contributed by atoms with Gasteiger partial charge in [-0.25, -0.2) is 0 Å². The highest BCUT2D eigenvalue weighted by atomic mass is 16.6. The summed E-state index contributed by atoms with van der Waals surface area (Å²) in [6, 6.07) is 0. The van der Waals surface area contributed by atoms with Crippen LogP contribution >= 0.6 is 0 Å². The van der Waals surface area contributed by atoms with Gasteiger partial charge in [0.15, 0.2) is 6.10 Å². The van der Waals surface area contributed by atoms with Crippen molar-refractivity contribution in [1.82, 2.24) is 0 Å². The first kappa shape index (κ1) is 61.5. The van der Waals surface area contributed by atoms with Crippen LogP contribution in [0.3, 0.4) is 0 Å². The second kappa shape index (κ2) is 53.2. The van der Waals surface area contributed by atoms with Crippen molar-refractivity contribution in [1.29, 1.82) is 0 Å². The molecule has 0 aliphatic carbocycles. The maximum Gasteiger partial charge on any atom is 0.306 e. The molecule has 0 fully saturated rings. The maximum atomic E-state index is 12.8. The Bertz CT molecular complexity index is 1460. The van der Waals surface area contributed by atoms with E-state index in [-0.39, 0.29) is 38.0 Å². The Kier molecular flexibility index (Phi) is 49.6. The van der Waals surface area contributed by atoms with Gasteiger partial charge in [-0.3, -0.25) is 14.4 Å². The van der Waals surface area contributed by atoms with Gasteiger partial charge < -0.3 is 14.2 Å². The van der Waals surface area contributed by atoms with Crippen molar-refractivity contribution in [2.45, 2.75) is 213 Å². The highest BCUT2D eigenvalue weighted by Gasteiger charge is 2.19. The van der Waals surface area contributed by atoms with E-state index in [0.29, 0.717) is 19.3 Å². The summed E-state index contributed by atoms with van der Waals surface area (Å²) in [7, 11) is 0. The molecule has 0 heterocycles. The molecule has 0 aromatic heterocycles. The van der Waals surface area contributed by atoms with E-state index in [4.69, 9.17) is 14.2 Å². The fourth-order valence-electron chi connectivity index (χ4n) is 6.56. The molecule has 0 aliphatic rings. The van der Waals surface area contributed by atoms with Crippen LogP contribution in [0, 0.1) is 0 Å². The minimum absolute atomic E-state index is 0.127. The smallest absolute Gasteiger partial charge is 0.306 e. The second-order valence-corrected chi connectivity index (χ2v) is 16.7. The third-order valence-corrected chi connectivity index (χ3v) is 10.4. The first-order valence-corrected chi connectivity index (χ1v) is 26.2. The van der Waals surface area contributed by atoms with Gasteiger partial charge in [0.25, 0.3) is 0 Å². The summed E-state index contributed by atoms with van der Waals surface area (Å²) in [5.41, 5.74) is 0. The standard InChI is InChI=1S/C60H94O6/c1-4-7-10-13-16-19-22-25-27-29-30-32-33-35-38-41-44-47-50-53-59(62)65-56-57(55-64-58(61)52-49-46-43-40-37-24-21-18-15-12-9-6-3)66-60(63)54-51-48-45-42-39-36-34-31-28-26-23-20-17-14-11-8-5-2/h7-8,10-11,16-17,19-20,25-28,30,32,34-36,38,42,44-45,47,57H,4-6,9,12-15,18,21-24,29,31,33,37,39-41,43,46,48-56H2,1-3H3/b10-7-,11-8-,19-16-,20-17-,27-25-,28-26-,32-30-,36-34-,38-35-,45-42-,47-44-/t57-/m0/s1. The van der Waals surface area contributed by atoms with Crippen molar-refractivity contribution in [3.05, 3.63) is 134 Å². The number of ether oxygens (including phenoxy) is 3. The molecule has 0 rings (SSSR count). The lowest BCUT2D eigenvalue weighted by molar-refractivity contribution is -0.166. The molecule has 0 aromatic rings. The molecule has 0 aliphatic heterocycles. The van der Waals surface area contributed by atoms with E-state index in [2.05, 4.69) is 142 Å². The molecule has 0 unspecified atom stereocenters. The molecule has 0 radical (unpaired) electrons. The number of esters is 3. The molecule has 0 spiro atoms. The third kappa shape index (κ3) is 50.5. The summed E-state index contributed by atoms with van der Waals surface area (Å²) in [4.78, 5) is 38.0. The van der Waals surface area contributed by atoms with Gasteiger partial charge in [0, 0.05) is 19.3 Å². The van der Waals surface area contributed by atoms with Gasteiger partial charge >= 0.3 is 17.9 Å². The van der Waals surface area contributed by atoms with E-state index >= 15 is 0 Å². The summed E-state index contributed by atoms with van der Waals surface area (Å²) < 4.78 is 16.7. The zero-order valence-corrected chi connectivity index (χ0v) is 42.1. The van der Waals surface area contributed by atoms with Gasteiger partial charge in [0.1, 0.15) is 13.2 Å². The van der Waals surface area contributed by atoms with E-state index in [1.165, 1.54) is 57.8 Å². The quantitative estimate of drug-likeness (QED) is 0.0262. The average Bonchev–Trinajstić information content (AvgIpc) is 3.31. The van der Waals surface area contributed by atoms with Crippen LogP contribution in [0.1, 0.15) is 207 Å². The number of rotatable bonds is 45. The summed E-state index contributed by atoms with van der Waals surface area (Å²) in [5.74, 6) is -1.08. The van der Waals surface area contributed by atoms with Crippen LogP contribution in [0.5, 0.6) is 0 Å². The highest BCUT2D eigenvalue weighted by Crippen LogP contribution is 2.13. The fourth-order valence-corrected chi connectivity index (χ4v) is 6.56. The Balaban J connectivity index is 4.61. The molecule has 0 aromatic carbocycles. The fraction of sp³-hybridized carbons (Fsp3) is 0.583. The Hall–Kier alpha value is -4.45. The third-order valence-electron chi connectivity index (χ3n) is 10.4. The van der Waals surface area contributed by atoms with Crippen LogP contribution in [0.15, 0.2) is 134 Å². The van der Waals surface area contributed by atoms with Crippen LogP contribution in [0.25, 0.3) is 0 Å². The molecular weight excluding hydrogens is 817 g/mol. The van der Waals surface area contributed by atoms with Crippen LogP contribution in [-0.4, -0.2) is 37.2 Å². The summed E-state index contributed by atoms with van der Waals surface area (Å²) >= 11 is 0. The zero-order chi connectivity index (χ0) is 47.9. The van der Waals surface area contributed by atoms with Crippen molar-refractivity contribution in [3.8, 4) is 0 Å². The number of hydrogen-bond acceptors (Lipinski definition) is 6. The van der Waals surface area contributed by atoms with Crippen molar-refractivity contribution < 1.29 is 28.6 Å². The van der Waals surface area contributed by atoms with Crippen LogP contribution in [0.2, 0.25) is 0 Å². The Labute approximate surface area is 405 Å². The molecule has 6 heteroatoms. The van der Waals surface area contributed by atoms with Crippen molar-refractivity contribution in [2.75, 3.05) is 13.2 Å². The summed E-state index contributed by atoms with van der Waals surface area (Å²) in [5, 5.41) is 0. The van der Waals surface area contributed by atoms with E-state index in [1.54, 1.807) is 0 Å². The summed E-state index contributed by atoms with van der Waals surface area (Å²) in [6.45, 7) is 6.27. The largest absolute Gasteiger partial charge is 0.462 e. The summed E-state index contributed by atoms with van der Waals surface area (Å²) in [6.07, 6.45) is 74.5. The number of carbonyl (C=O) groups is 3. The first-order chi connectivity index (χ1) is 32.5. The molecule has 370 valence electrons. The molecule has 1 atom stereocenters.